The second-order valence-corrected chi connectivity index (χ2v) is 10.2. The van der Waals surface area contributed by atoms with Gasteiger partial charge in [0.2, 0.25) is 5.82 Å². The smallest absolute Gasteiger partial charge is 0.452 e. The van der Waals surface area contributed by atoms with Gasteiger partial charge >= 0.3 is 12.1 Å². The molecule has 0 saturated carbocycles. The Morgan fingerprint density at radius 3 is 2.57 bits per heavy atom. The topological polar surface area (TPSA) is 66.2 Å². The standard InChI is InChI=1S/C23H20Cl2F3N3O3S/c1-11(2)34-18(32)10-17-21-29-30-22(23(26,27)28)31(21)15-8-7-12(24)9-14(15)20(35-17)13-5-4-6-16(33-3)19(13)25/h4-9,11,17,20H,10H2,1-3H3/t17-,20-/m0/s1. The van der Waals surface area contributed by atoms with Gasteiger partial charge in [0.15, 0.2) is 5.82 Å². The lowest BCUT2D eigenvalue weighted by Crippen LogP contribution is -2.18. The molecule has 12 heteroatoms. The lowest BCUT2D eigenvalue weighted by molar-refractivity contribution is -0.147. The van der Waals surface area contributed by atoms with Gasteiger partial charge in [0.1, 0.15) is 5.75 Å². The Labute approximate surface area is 213 Å². The minimum absolute atomic E-state index is 0.0203. The van der Waals surface area contributed by atoms with E-state index in [-0.39, 0.29) is 24.0 Å². The predicted octanol–water partition coefficient (Wildman–Crippen LogP) is 6.82. The maximum absolute atomic E-state index is 14.0. The number of ether oxygens (including phenoxy) is 2. The van der Waals surface area contributed by atoms with Gasteiger partial charge in [-0.25, -0.2) is 0 Å². The average Bonchev–Trinajstić information content (AvgIpc) is 3.17. The van der Waals surface area contributed by atoms with Crippen molar-refractivity contribution >= 4 is 40.9 Å². The van der Waals surface area contributed by atoms with Gasteiger partial charge in [0.05, 0.1) is 40.8 Å². The van der Waals surface area contributed by atoms with E-state index in [0.717, 1.165) is 4.57 Å². The molecule has 0 spiro atoms. The van der Waals surface area contributed by atoms with E-state index in [0.29, 0.717) is 26.9 Å². The number of alkyl halides is 3. The Morgan fingerprint density at radius 1 is 1.17 bits per heavy atom. The molecule has 0 unspecified atom stereocenters. The second-order valence-electron chi connectivity index (χ2n) is 8.03. The Balaban J connectivity index is 1.97. The molecule has 1 aromatic heterocycles. The minimum Gasteiger partial charge on any atom is -0.495 e. The Kier molecular flexibility index (Phi) is 7.26. The van der Waals surface area contributed by atoms with Crippen LogP contribution in [0, 0.1) is 0 Å². The molecule has 1 aliphatic heterocycles. The van der Waals surface area contributed by atoms with Gasteiger partial charge in [-0.3, -0.25) is 9.36 Å². The highest BCUT2D eigenvalue weighted by Crippen LogP contribution is 2.53. The molecule has 0 N–H and O–H groups in total. The third-order valence-corrected chi connectivity index (χ3v) is 7.38. The first-order valence-electron chi connectivity index (χ1n) is 10.5. The van der Waals surface area contributed by atoms with Crippen molar-refractivity contribution in [1.29, 1.82) is 0 Å². The van der Waals surface area contributed by atoms with E-state index in [4.69, 9.17) is 32.7 Å². The molecule has 0 amide bonds. The number of halogens is 5. The normalized spacial score (nSPS) is 17.5. The van der Waals surface area contributed by atoms with Crippen LogP contribution in [-0.2, 0) is 15.7 Å². The van der Waals surface area contributed by atoms with Crippen molar-refractivity contribution in [1.82, 2.24) is 14.8 Å². The molecule has 0 bridgehead atoms. The number of aromatic nitrogens is 3. The van der Waals surface area contributed by atoms with Crippen molar-refractivity contribution in [2.45, 2.75) is 43.0 Å². The van der Waals surface area contributed by atoms with Gasteiger partial charge in [0, 0.05) is 5.02 Å². The number of carbonyl (C=O) groups is 1. The Hall–Kier alpha value is -2.43. The van der Waals surface area contributed by atoms with Gasteiger partial charge in [-0.05, 0) is 49.2 Å². The van der Waals surface area contributed by atoms with E-state index in [1.54, 1.807) is 38.1 Å². The number of fused-ring (bicyclic) bond motifs is 3. The van der Waals surface area contributed by atoms with Crippen LogP contribution in [0.5, 0.6) is 5.75 Å². The molecule has 6 nitrogen and oxygen atoms in total. The third-order valence-electron chi connectivity index (χ3n) is 5.26. The third kappa shape index (κ3) is 5.10. The quantitative estimate of drug-likeness (QED) is 0.327. The van der Waals surface area contributed by atoms with Crippen LogP contribution < -0.4 is 4.74 Å². The van der Waals surface area contributed by atoms with Gasteiger partial charge in [-0.15, -0.1) is 22.0 Å². The van der Waals surface area contributed by atoms with Crippen LogP contribution in [0.1, 0.15) is 53.5 Å². The number of esters is 1. The number of hydrogen-bond donors (Lipinski definition) is 0. The number of methoxy groups -OCH3 is 1. The molecular weight excluding hydrogens is 526 g/mol. The molecule has 2 atom stereocenters. The van der Waals surface area contributed by atoms with Crippen LogP contribution in [0.4, 0.5) is 13.2 Å². The monoisotopic (exact) mass is 545 g/mol. The summed E-state index contributed by atoms with van der Waals surface area (Å²) in [6.45, 7) is 3.39. The largest absolute Gasteiger partial charge is 0.495 e. The van der Waals surface area contributed by atoms with Gasteiger partial charge in [0.25, 0.3) is 0 Å². The summed E-state index contributed by atoms with van der Waals surface area (Å²) in [5, 5.41) is 6.51. The number of carbonyl (C=O) groups excluding carboxylic acids is 1. The molecule has 1 aliphatic rings. The Morgan fingerprint density at radius 2 is 1.91 bits per heavy atom. The molecule has 4 rings (SSSR count). The summed E-state index contributed by atoms with van der Waals surface area (Å²) >= 11 is 14.1. The van der Waals surface area contributed by atoms with Crippen molar-refractivity contribution < 1.29 is 27.4 Å². The number of benzene rings is 2. The number of thioether (sulfide) groups is 1. The summed E-state index contributed by atoms with van der Waals surface area (Å²) in [4.78, 5) is 12.6. The fourth-order valence-corrected chi connectivity index (χ4v) is 5.96. The molecule has 0 fully saturated rings. The van der Waals surface area contributed by atoms with Crippen molar-refractivity contribution in [3.8, 4) is 11.4 Å². The van der Waals surface area contributed by atoms with Crippen LogP contribution >= 0.6 is 35.0 Å². The molecule has 3 aromatic rings. The molecule has 2 heterocycles. The highest BCUT2D eigenvalue weighted by Gasteiger charge is 2.43. The molecular formula is C23H20Cl2F3N3O3S. The van der Waals surface area contributed by atoms with Gasteiger partial charge in [-0.1, -0.05) is 35.3 Å². The van der Waals surface area contributed by atoms with Crippen molar-refractivity contribution in [3.63, 3.8) is 0 Å². The summed E-state index contributed by atoms with van der Waals surface area (Å²) in [7, 11) is 1.47. The molecule has 0 saturated heterocycles. The second kappa shape index (κ2) is 9.91. The van der Waals surface area contributed by atoms with E-state index >= 15 is 0 Å². The first-order chi connectivity index (χ1) is 16.5. The van der Waals surface area contributed by atoms with Gasteiger partial charge < -0.3 is 9.47 Å². The van der Waals surface area contributed by atoms with Crippen molar-refractivity contribution in [2.24, 2.45) is 0 Å². The fraction of sp³-hybridized carbons (Fsp3) is 0.348. The zero-order valence-electron chi connectivity index (χ0n) is 18.8. The summed E-state index contributed by atoms with van der Waals surface area (Å²) in [6, 6.07) is 9.74. The van der Waals surface area contributed by atoms with Crippen LogP contribution in [-0.4, -0.2) is 33.9 Å². The molecule has 0 aliphatic carbocycles. The number of hydrogen-bond acceptors (Lipinski definition) is 6. The van der Waals surface area contributed by atoms with Crippen LogP contribution in [0.2, 0.25) is 10.0 Å². The summed E-state index contributed by atoms with van der Waals surface area (Å²) in [5.41, 5.74) is 1.25. The first-order valence-corrected chi connectivity index (χ1v) is 12.2. The van der Waals surface area contributed by atoms with Crippen LogP contribution in [0.15, 0.2) is 36.4 Å². The fourth-order valence-electron chi connectivity index (χ4n) is 3.89. The summed E-state index contributed by atoms with van der Waals surface area (Å²) in [6.07, 6.45) is -5.40. The van der Waals surface area contributed by atoms with Crippen LogP contribution in [0.25, 0.3) is 5.69 Å². The predicted molar refractivity (Wildman–Crippen MR) is 127 cm³/mol. The zero-order valence-corrected chi connectivity index (χ0v) is 21.1. The van der Waals surface area contributed by atoms with E-state index < -0.39 is 28.5 Å². The SMILES string of the molecule is COc1cccc([C@@H]2S[C@@H](CC(=O)OC(C)C)c3nnc(C(F)(F)F)n3-c3ccc(Cl)cc32)c1Cl. The van der Waals surface area contributed by atoms with E-state index in [2.05, 4.69) is 10.2 Å². The summed E-state index contributed by atoms with van der Waals surface area (Å²) < 4.78 is 53.5. The molecule has 0 radical (unpaired) electrons. The molecule has 35 heavy (non-hydrogen) atoms. The van der Waals surface area contributed by atoms with E-state index in [9.17, 15) is 18.0 Å². The van der Waals surface area contributed by atoms with Crippen LogP contribution in [0.3, 0.4) is 0 Å². The van der Waals surface area contributed by atoms with Crippen molar-refractivity contribution in [2.75, 3.05) is 7.11 Å². The van der Waals surface area contributed by atoms with E-state index in [1.807, 2.05) is 0 Å². The lowest BCUT2D eigenvalue weighted by Gasteiger charge is -2.23. The maximum Gasteiger partial charge on any atom is 0.452 e. The number of nitrogens with zero attached hydrogens (tertiary/aromatic N) is 3. The Bertz CT molecular complexity index is 1270. The maximum atomic E-state index is 14.0. The zero-order chi connectivity index (χ0) is 25.5. The van der Waals surface area contributed by atoms with Gasteiger partial charge in [-0.2, -0.15) is 13.2 Å². The first kappa shape index (κ1) is 25.7. The lowest BCUT2D eigenvalue weighted by atomic mass is 10.0. The highest BCUT2D eigenvalue weighted by molar-refractivity contribution is 8.00. The summed E-state index contributed by atoms with van der Waals surface area (Å²) in [5.74, 6) is -1.38. The number of rotatable bonds is 5. The average molecular weight is 546 g/mol. The highest BCUT2D eigenvalue weighted by atomic mass is 35.5. The van der Waals surface area contributed by atoms with Crippen molar-refractivity contribution in [3.05, 3.63) is 69.2 Å². The molecule has 186 valence electrons. The van der Waals surface area contributed by atoms with E-state index in [1.165, 1.54) is 31.0 Å². The minimum atomic E-state index is -4.79. The molecule has 2 aromatic carbocycles.